The van der Waals surface area contributed by atoms with Gasteiger partial charge in [0.05, 0.1) is 38.1 Å². The zero-order valence-corrected chi connectivity index (χ0v) is 23.4. The van der Waals surface area contributed by atoms with Crippen LogP contribution in [0.15, 0.2) is 12.7 Å². The first kappa shape index (κ1) is 30.0. The van der Waals surface area contributed by atoms with E-state index in [1.54, 1.807) is 38.6 Å². The molecule has 14 heteroatoms. The Kier molecular flexibility index (Phi) is 11.1. The van der Waals surface area contributed by atoms with Crippen molar-refractivity contribution in [2.45, 2.75) is 78.7 Å². The van der Waals surface area contributed by atoms with Crippen molar-refractivity contribution in [1.82, 2.24) is 24.6 Å². The molecule has 2 heterocycles. The van der Waals surface area contributed by atoms with Crippen molar-refractivity contribution in [3.63, 3.8) is 0 Å². The molecule has 2 atom stereocenters. The number of fused-ring (bicyclic) bond motifs is 1. The number of nitrogens with one attached hydrogen (secondary N) is 1. The Hall–Kier alpha value is -2.21. The van der Waals surface area contributed by atoms with Crippen molar-refractivity contribution >= 4 is 46.8 Å². The van der Waals surface area contributed by atoms with E-state index in [0.717, 1.165) is 11.4 Å². The summed E-state index contributed by atoms with van der Waals surface area (Å²) in [4.78, 5) is 36.9. The number of carbonyl (C=O) groups is 2. The zero-order valence-electron chi connectivity index (χ0n) is 21.7. The van der Waals surface area contributed by atoms with E-state index >= 15 is 0 Å². The molecule has 0 bridgehead atoms. The number of esters is 2. The molecule has 2 rings (SSSR count). The predicted octanol–water partition coefficient (Wildman–Crippen LogP) is 3.36. The summed E-state index contributed by atoms with van der Waals surface area (Å²) in [5.74, 6) is -0.380. The Morgan fingerprint density at radius 3 is 2.64 bits per heavy atom. The quantitative estimate of drug-likeness (QED) is 0.249. The minimum Gasteiger partial charge on any atom is -0.464 e. The van der Waals surface area contributed by atoms with E-state index in [1.807, 2.05) is 13.8 Å². The highest BCUT2D eigenvalue weighted by Gasteiger charge is 2.38. The first-order valence-electron chi connectivity index (χ1n) is 11.8. The molecule has 0 saturated carbocycles. The number of ether oxygens (including phenoxy) is 3. The van der Waals surface area contributed by atoms with Crippen LogP contribution in [0.25, 0.3) is 11.2 Å². The van der Waals surface area contributed by atoms with Gasteiger partial charge in [0.15, 0.2) is 11.5 Å². The van der Waals surface area contributed by atoms with Gasteiger partial charge in [-0.3, -0.25) is 14.2 Å². The molecule has 0 fully saturated rings. The largest absolute Gasteiger partial charge is 0.464 e. The van der Waals surface area contributed by atoms with Crippen LogP contribution in [0.1, 0.15) is 54.4 Å². The lowest BCUT2D eigenvalue weighted by Gasteiger charge is -2.30. The van der Waals surface area contributed by atoms with E-state index < -0.39 is 18.0 Å². The molecule has 0 aromatic carbocycles. The van der Waals surface area contributed by atoms with E-state index in [-0.39, 0.29) is 49.1 Å². The zero-order chi connectivity index (χ0) is 26.9. The molecule has 3 N–H and O–H groups in total. The fourth-order valence-corrected chi connectivity index (χ4v) is 7.73. The normalized spacial score (nSPS) is 14.5. The van der Waals surface area contributed by atoms with Crippen LogP contribution in [0.4, 0.5) is 5.82 Å². The number of aromatic nitrogens is 4. The lowest BCUT2D eigenvalue weighted by molar-refractivity contribution is -0.149. The van der Waals surface area contributed by atoms with E-state index in [4.69, 9.17) is 19.9 Å². The molecule has 36 heavy (non-hydrogen) atoms. The number of nitrogen functional groups attached to an aromatic ring is 1. The second-order valence-electron chi connectivity index (χ2n) is 9.10. The van der Waals surface area contributed by atoms with Crippen LogP contribution in [0.5, 0.6) is 0 Å². The summed E-state index contributed by atoms with van der Waals surface area (Å²) < 4.78 is 32.0. The summed E-state index contributed by atoms with van der Waals surface area (Å²) in [6, 6.07) is 0. The summed E-state index contributed by atoms with van der Waals surface area (Å²) in [6.07, 6.45) is 2.92. The van der Waals surface area contributed by atoms with Crippen molar-refractivity contribution in [2.75, 3.05) is 24.4 Å². The third-order valence-corrected chi connectivity index (χ3v) is 9.36. The van der Waals surface area contributed by atoms with Gasteiger partial charge in [-0.1, -0.05) is 18.3 Å². The van der Waals surface area contributed by atoms with Crippen LogP contribution in [-0.2, 0) is 34.9 Å². The van der Waals surface area contributed by atoms with Crippen LogP contribution >= 0.6 is 17.9 Å². The van der Waals surface area contributed by atoms with Gasteiger partial charge in [-0.05, 0) is 41.0 Å². The van der Waals surface area contributed by atoms with Crippen molar-refractivity contribution in [1.29, 1.82) is 0 Å². The molecule has 0 unspecified atom stereocenters. The van der Waals surface area contributed by atoms with Gasteiger partial charge < -0.3 is 24.5 Å². The average molecular weight is 545 g/mol. The minimum absolute atomic E-state index is 0.0763. The molecule has 0 aliphatic heterocycles. The predicted molar refractivity (Wildman–Crippen MR) is 140 cm³/mol. The molecule has 2 aromatic rings. The smallest absolute Gasteiger partial charge is 0.326 e. The number of carbonyl (C=O) groups excluding carboxylic acids is 2. The van der Waals surface area contributed by atoms with Crippen molar-refractivity contribution in [2.24, 2.45) is 0 Å². The number of nitrogens with zero attached hydrogens (tertiary/aromatic N) is 4. The lowest BCUT2D eigenvalue weighted by Crippen LogP contribution is -2.46. The van der Waals surface area contributed by atoms with Gasteiger partial charge in [0, 0.05) is 5.75 Å². The fraction of sp³-hybridized carbons (Fsp3) is 0.682. The Morgan fingerprint density at radius 2 is 1.97 bits per heavy atom. The molecule has 0 saturated heterocycles. The van der Waals surface area contributed by atoms with Crippen LogP contribution in [0.2, 0.25) is 0 Å². The SMILES string of the molecule is CCCOC(=O)C(C)(C)N[P@](=O)(CO[C@H](C)Cn1cnc2c(N)ncnc21)SCCC(=O)OC(C)C. The molecule has 12 nitrogen and oxygen atoms in total. The fourth-order valence-electron chi connectivity index (χ4n) is 3.13. The van der Waals surface area contributed by atoms with Crippen LogP contribution in [-0.4, -0.2) is 67.9 Å². The monoisotopic (exact) mass is 544 g/mol. The summed E-state index contributed by atoms with van der Waals surface area (Å²) in [5.41, 5.74) is 5.68. The van der Waals surface area contributed by atoms with E-state index in [1.165, 1.54) is 6.33 Å². The summed E-state index contributed by atoms with van der Waals surface area (Å²) in [5, 5.41) is 2.95. The maximum atomic E-state index is 13.9. The lowest BCUT2D eigenvalue weighted by atomic mass is 10.1. The van der Waals surface area contributed by atoms with Gasteiger partial charge in [-0.15, -0.1) is 0 Å². The van der Waals surface area contributed by atoms with Gasteiger partial charge in [0.2, 0.25) is 6.49 Å². The third-order valence-electron chi connectivity index (χ3n) is 4.78. The molecule has 2 aromatic heterocycles. The number of imidazole rings is 1. The number of nitrogens with two attached hydrogens (primary N) is 1. The number of anilines is 1. The molecule has 0 spiro atoms. The van der Waals surface area contributed by atoms with Crippen molar-refractivity contribution < 1.29 is 28.4 Å². The first-order valence-corrected chi connectivity index (χ1v) is 15.3. The Morgan fingerprint density at radius 1 is 1.25 bits per heavy atom. The molecule has 202 valence electrons. The number of rotatable bonds is 15. The van der Waals surface area contributed by atoms with Crippen molar-refractivity contribution in [3.05, 3.63) is 12.7 Å². The Labute approximate surface area is 215 Å². The van der Waals surface area contributed by atoms with E-state index in [0.29, 0.717) is 24.1 Å². The number of hydrogen-bond donors (Lipinski definition) is 2. The second kappa shape index (κ2) is 13.4. The molecular formula is C22H37N6O6PS. The first-order chi connectivity index (χ1) is 16.9. The highest BCUT2D eigenvalue weighted by molar-refractivity contribution is 8.57. The van der Waals surface area contributed by atoms with Crippen molar-refractivity contribution in [3.8, 4) is 0 Å². The van der Waals surface area contributed by atoms with Crippen LogP contribution < -0.4 is 10.8 Å². The Balaban J connectivity index is 2.08. The number of hydrogen-bond acceptors (Lipinski definition) is 11. The van der Waals surface area contributed by atoms with Gasteiger partial charge in [-0.25, -0.2) is 20.0 Å². The maximum absolute atomic E-state index is 13.9. The van der Waals surface area contributed by atoms with Crippen LogP contribution in [0.3, 0.4) is 0 Å². The summed E-state index contributed by atoms with van der Waals surface area (Å²) in [7, 11) is 0. The highest BCUT2D eigenvalue weighted by Crippen LogP contribution is 2.56. The maximum Gasteiger partial charge on any atom is 0.326 e. The minimum atomic E-state index is -3.35. The van der Waals surface area contributed by atoms with Gasteiger partial charge >= 0.3 is 11.9 Å². The highest BCUT2D eigenvalue weighted by atomic mass is 32.7. The summed E-state index contributed by atoms with van der Waals surface area (Å²) >= 11 is 1.06. The third kappa shape index (κ3) is 9.02. The molecule has 0 amide bonds. The topological polar surface area (TPSA) is 161 Å². The Bertz CT molecular complexity index is 1080. The standard InChI is InChI=1S/C22H37N6O6PS/c1-7-9-32-21(30)22(5,6)27-35(31,36-10-8-17(29)34-15(2)3)14-33-16(4)11-28-13-26-18-19(23)24-12-25-20(18)28/h12-13,15-16H,7-11,14H2,1-6H3,(H,27,31)(H2,23,24,25)/t16-,35+/m1/s1. The van der Waals surface area contributed by atoms with E-state index in [9.17, 15) is 14.2 Å². The molecule has 0 aliphatic rings. The second-order valence-corrected chi connectivity index (χ2v) is 14.1. The summed E-state index contributed by atoms with van der Waals surface area (Å²) in [6.45, 7) is 7.75. The average Bonchev–Trinajstić information content (AvgIpc) is 3.19. The van der Waals surface area contributed by atoms with Gasteiger partial charge in [0.25, 0.3) is 0 Å². The molecule has 0 aliphatic carbocycles. The van der Waals surface area contributed by atoms with Crippen LogP contribution in [0, 0.1) is 0 Å². The van der Waals surface area contributed by atoms with Gasteiger partial charge in [0.1, 0.15) is 23.7 Å². The molecular weight excluding hydrogens is 507 g/mol. The van der Waals surface area contributed by atoms with Gasteiger partial charge in [-0.2, -0.15) is 0 Å². The van der Waals surface area contributed by atoms with E-state index in [2.05, 4.69) is 20.0 Å². The molecule has 0 radical (unpaired) electrons.